The summed E-state index contributed by atoms with van der Waals surface area (Å²) in [6, 6.07) is 46.7. The van der Waals surface area contributed by atoms with Gasteiger partial charge in [0.2, 0.25) is 0 Å². The first-order valence-corrected chi connectivity index (χ1v) is 15.9. The van der Waals surface area contributed by atoms with E-state index in [9.17, 15) is 5.26 Å². The summed E-state index contributed by atoms with van der Waals surface area (Å²) in [5.74, 6) is 1.03. The lowest BCUT2D eigenvalue weighted by atomic mass is 10.0. The van der Waals surface area contributed by atoms with Crippen molar-refractivity contribution in [3.63, 3.8) is 0 Å². The molecule has 3 aromatic heterocycles. The van der Waals surface area contributed by atoms with Gasteiger partial charge in [-0.25, -0.2) is 4.99 Å². The van der Waals surface area contributed by atoms with Gasteiger partial charge in [-0.2, -0.15) is 5.26 Å². The molecule has 1 aliphatic rings. The molecule has 220 valence electrons. The highest BCUT2D eigenvalue weighted by molar-refractivity contribution is 6.17. The summed E-state index contributed by atoms with van der Waals surface area (Å²) in [4.78, 5) is 5.13. The van der Waals surface area contributed by atoms with Crippen molar-refractivity contribution in [1.29, 1.82) is 5.26 Å². The highest BCUT2D eigenvalue weighted by Gasteiger charge is 2.21. The molecule has 9 aromatic rings. The molecule has 0 N–H and O–H groups in total. The molecule has 0 radical (unpaired) electrons. The molecule has 47 heavy (non-hydrogen) atoms. The molecule has 5 heteroatoms. The van der Waals surface area contributed by atoms with E-state index in [1.165, 1.54) is 10.8 Å². The molecule has 5 nitrogen and oxygen atoms in total. The van der Waals surface area contributed by atoms with Crippen LogP contribution in [0, 0.1) is 11.3 Å². The molecular weight excluding hydrogens is 576 g/mol. The van der Waals surface area contributed by atoms with Gasteiger partial charge in [0.1, 0.15) is 17.0 Å². The third-order valence-electron chi connectivity index (χ3n) is 9.70. The van der Waals surface area contributed by atoms with Gasteiger partial charge in [-0.15, -0.1) is 0 Å². The van der Waals surface area contributed by atoms with Gasteiger partial charge in [0.15, 0.2) is 0 Å². The van der Waals surface area contributed by atoms with Gasteiger partial charge in [0.25, 0.3) is 0 Å². The van der Waals surface area contributed by atoms with Crippen molar-refractivity contribution in [2.75, 3.05) is 0 Å². The molecule has 4 heterocycles. The van der Waals surface area contributed by atoms with Gasteiger partial charge in [-0.1, -0.05) is 78.9 Å². The molecule has 0 saturated carbocycles. The van der Waals surface area contributed by atoms with Crippen LogP contribution in [-0.2, 0) is 0 Å². The summed E-state index contributed by atoms with van der Waals surface area (Å²) in [6.45, 7) is 0. The molecule has 0 amide bonds. The Bertz CT molecular complexity index is 2870. The monoisotopic (exact) mass is 602 g/mol. The van der Waals surface area contributed by atoms with Crippen LogP contribution in [0.25, 0.3) is 82.4 Å². The van der Waals surface area contributed by atoms with Crippen LogP contribution in [0.3, 0.4) is 0 Å². The number of hydrogen-bond acceptors (Lipinski definition) is 3. The zero-order chi connectivity index (χ0) is 31.1. The second kappa shape index (κ2) is 9.81. The van der Waals surface area contributed by atoms with E-state index >= 15 is 0 Å². The number of aliphatic imine (C=N–C) groups is 1. The lowest BCUT2D eigenvalue weighted by Crippen LogP contribution is -2.15. The highest BCUT2D eigenvalue weighted by Crippen LogP contribution is 2.40. The first-order valence-electron chi connectivity index (χ1n) is 15.9. The third-order valence-corrected chi connectivity index (χ3v) is 9.70. The second-order valence-corrected chi connectivity index (χ2v) is 12.2. The number of hydrogen-bond donors (Lipinski definition) is 0. The van der Waals surface area contributed by atoms with Gasteiger partial charge in [-0.05, 0) is 60.5 Å². The van der Waals surface area contributed by atoms with Gasteiger partial charge >= 0.3 is 0 Å². The minimum atomic E-state index is 0.669. The number of benzene rings is 6. The van der Waals surface area contributed by atoms with Gasteiger partial charge in [0, 0.05) is 56.2 Å². The van der Waals surface area contributed by atoms with Crippen LogP contribution in [0.2, 0.25) is 0 Å². The average Bonchev–Trinajstić information content (AvgIpc) is 3.79. The summed E-state index contributed by atoms with van der Waals surface area (Å²) in [5, 5.41) is 16.4. The predicted octanol–water partition coefficient (Wildman–Crippen LogP) is 10.9. The lowest BCUT2D eigenvalue weighted by Gasteiger charge is -2.19. The standard InChI is InChI=1S/C42H26N4O/c43-24-26-16-19-38-34(22-26)30-8-1-4-13-36(30)45(38)28-18-21-41(44-25-28)46-37-14-5-2-9-31(37)35-23-27(17-20-39(35)46)29-11-7-12-33-32-10-3-6-15-40(32)47-42(29)33/h1-17,19-20,22-23,25H,18,21H2. The Kier molecular flexibility index (Phi) is 5.40. The Morgan fingerprint density at radius 1 is 0.574 bits per heavy atom. The smallest absolute Gasteiger partial charge is 0.143 e. The molecule has 10 rings (SSSR count). The van der Waals surface area contributed by atoms with Crippen LogP contribution in [0.15, 0.2) is 143 Å². The minimum Gasteiger partial charge on any atom is -0.455 e. The van der Waals surface area contributed by atoms with Gasteiger partial charge in [0.05, 0.1) is 33.7 Å². The van der Waals surface area contributed by atoms with E-state index in [4.69, 9.17) is 9.41 Å². The summed E-state index contributed by atoms with van der Waals surface area (Å²) in [7, 11) is 0. The maximum Gasteiger partial charge on any atom is 0.143 e. The van der Waals surface area contributed by atoms with E-state index in [0.717, 1.165) is 90.3 Å². The largest absolute Gasteiger partial charge is 0.455 e. The molecule has 6 aromatic carbocycles. The molecule has 0 fully saturated rings. The van der Waals surface area contributed by atoms with Crippen LogP contribution in [0.1, 0.15) is 18.4 Å². The van der Waals surface area contributed by atoms with Gasteiger partial charge < -0.3 is 8.98 Å². The van der Waals surface area contributed by atoms with E-state index < -0.39 is 0 Å². The third kappa shape index (κ3) is 3.73. The number of rotatable bonds is 2. The number of para-hydroxylation sites is 4. The molecule has 0 aliphatic carbocycles. The average molecular weight is 603 g/mol. The Morgan fingerprint density at radius 2 is 1.23 bits per heavy atom. The van der Waals surface area contributed by atoms with E-state index in [1.54, 1.807) is 0 Å². The van der Waals surface area contributed by atoms with Crippen molar-refractivity contribution in [3.05, 3.63) is 139 Å². The van der Waals surface area contributed by atoms with Crippen LogP contribution < -0.4 is 0 Å². The summed E-state index contributed by atoms with van der Waals surface area (Å²) >= 11 is 0. The Balaban J connectivity index is 1.13. The molecule has 0 atom stereocenters. The molecule has 0 saturated heterocycles. The fourth-order valence-electron chi connectivity index (χ4n) is 7.60. The van der Waals surface area contributed by atoms with Crippen molar-refractivity contribution < 1.29 is 4.42 Å². The van der Waals surface area contributed by atoms with Crippen molar-refractivity contribution in [2.24, 2.45) is 4.99 Å². The normalized spacial score (nSPS) is 13.6. The zero-order valence-electron chi connectivity index (χ0n) is 25.3. The highest BCUT2D eigenvalue weighted by atomic mass is 16.3. The Labute approximate surface area is 269 Å². The van der Waals surface area contributed by atoms with E-state index in [0.29, 0.717) is 5.56 Å². The summed E-state index contributed by atoms with van der Waals surface area (Å²) in [6.07, 6.45) is 3.66. The van der Waals surface area contributed by atoms with Gasteiger partial charge in [-0.3, -0.25) is 4.57 Å². The zero-order valence-corrected chi connectivity index (χ0v) is 25.3. The van der Waals surface area contributed by atoms with Crippen molar-refractivity contribution in [1.82, 2.24) is 9.13 Å². The van der Waals surface area contributed by atoms with Crippen molar-refractivity contribution in [2.45, 2.75) is 12.8 Å². The van der Waals surface area contributed by atoms with Crippen LogP contribution >= 0.6 is 0 Å². The van der Waals surface area contributed by atoms with Crippen LogP contribution in [0.5, 0.6) is 0 Å². The number of fused-ring (bicyclic) bond motifs is 9. The lowest BCUT2D eigenvalue weighted by molar-refractivity contribution is 0.670. The van der Waals surface area contributed by atoms with Crippen molar-refractivity contribution >= 4 is 77.1 Å². The molecular formula is C42H26N4O. The van der Waals surface area contributed by atoms with Crippen molar-refractivity contribution in [3.8, 4) is 17.2 Å². The molecule has 1 aliphatic heterocycles. The maximum absolute atomic E-state index is 9.54. The van der Waals surface area contributed by atoms with Crippen LogP contribution in [0.4, 0.5) is 0 Å². The first-order chi connectivity index (χ1) is 23.3. The van der Waals surface area contributed by atoms with E-state index in [1.807, 2.05) is 30.5 Å². The SMILES string of the molecule is N#Cc1ccc2c(c1)c1ccccc1n2C1=CN=C(n2c3ccccc3c3cc(-c4cccc5c4oc4ccccc45)ccc32)CC1. The fraction of sp³-hybridized carbons (Fsp3) is 0.0476. The molecule has 0 unspecified atom stereocenters. The number of nitriles is 1. The first kappa shape index (κ1) is 25.9. The second-order valence-electron chi connectivity index (χ2n) is 12.2. The topological polar surface area (TPSA) is 59.1 Å². The van der Waals surface area contributed by atoms with E-state index in [2.05, 4.69) is 118 Å². The fourth-order valence-corrected chi connectivity index (χ4v) is 7.60. The number of aromatic nitrogens is 2. The number of nitrogens with zero attached hydrogens (tertiary/aromatic N) is 4. The Morgan fingerprint density at radius 3 is 2.02 bits per heavy atom. The maximum atomic E-state index is 9.54. The van der Waals surface area contributed by atoms with E-state index in [-0.39, 0.29) is 0 Å². The molecule has 0 bridgehead atoms. The summed E-state index contributed by atoms with van der Waals surface area (Å²) < 4.78 is 11.0. The number of allylic oxidation sites excluding steroid dienone is 1. The number of furan rings is 1. The van der Waals surface area contributed by atoms with Crippen LogP contribution in [-0.4, -0.2) is 15.0 Å². The minimum absolute atomic E-state index is 0.669. The quantitative estimate of drug-likeness (QED) is 0.198. The molecule has 0 spiro atoms. The predicted molar refractivity (Wildman–Crippen MR) is 193 cm³/mol. The summed E-state index contributed by atoms with van der Waals surface area (Å²) in [5.41, 5.74) is 10.4. The Hall–Kier alpha value is -6.38.